The first-order chi connectivity index (χ1) is 11.3. The molecular formula is C18H25N3O2. The van der Waals surface area contributed by atoms with Gasteiger partial charge in [-0.2, -0.15) is 0 Å². The summed E-state index contributed by atoms with van der Waals surface area (Å²) < 4.78 is 10.5. The minimum atomic E-state index is 0.700. The molecule has 0 radical (unpaired) electrons. The molecule has 0 saturated heterocycles. The Balaban J connectivity index is 1.76. The zero-order valence-electron chi connectivity index (χ0n) is 13.8. The number of guanidine groups is 1. The molecular weight excluding hydrogens is 290 g/mol. The van der Waals surface area contributed by atoms with Gasteiger partial charge in [0.1, 0.15) is 11.5 Å². The number of ether oxygens (including phenoxy) is 1. The fraction of sp³-hybridized carbons (Fsp3) is 0.389. The van der Waals surface area contributed by atoms with Gasteiger partial charge in [-0.15, -0.1) is 0 Å². The molecule has 0 saturated carbocycles. The first kappa shape index (κ1) is 16.9. The van der Waals surface area contributed by atoms with Crippen molar-refractivity contribution in [3.05, 3.63) is 54.0 Å². The van der Waals surface area contributed by atoms with Crippen molar-refractivity contribution in [2.24, 2.45) is 4.99 Å². The van der Waals surface area contributed by atoms with Gasteiger partial charge in [-0.1, -0.05) is 12.1 Å². The lowest BCUT2D eigenvalue weighted by atomic mass is 10.1. The maximum absolute atomic E-state index is 5.31. The molecule has 0 atom stereocenters. The number of rotatable bonds is 8. The van der Waals surface area contributed by atoms with E-state index in [1.165, 1.54) is 5.56 Å². The largest absolute Gasteiger partial charge is 0.497 e. The van der Waals surface area contributed by atoms with Gasteiger partial charge >= 0.3 is 0 Å². The molecule has 2 aromatic rings. The van der Waals surface area contributed by atoms with Crippen LogP contribution in [-0.4, -0.2) is 32.7 Å². The van der Waals surface area contributed by atoms with Gasteiger partial charge in [-0.05, 0) is 43.2 Å². The predicted octanol–water partition coefficient (Wildman–Crippen LogP) is 2.63. The highest BCUT2D eigenvalue weighted by Crippen LogP contribution is 2.11. The summed E-state index contributed by atoms with van der Waals surface area (Å²) in [5.41, 5.74) is 1.27. The highest BCUT2D eigenvalue weighted by Gasteiger charge is 1.99. The summed E-state index contributed by atoms with van der Waals surface area (Å²) in [6, 6.07) is 12.0. The normalized spacial score (nSPS) is 11.3. The number of methoxy groups -OCH3 is 1. The van der Waals surface area contributed by atoms with Crippen LogP contribution >= 0.6 is 0 Å². The summed E-state index contributed by atoms with van der Waals surface area (Å²) in [7, 11) is 1.68. The molecule has 124 valence electrons. The standard InChI is InChI=1S/C18H25N3O2/c1-3-19-18(21-13-11-17-5-4-14-23-17)20-12-10-15-6-8-16(22-2)9-7-15/h4-9,14H,3,10-13H2,1-2H3,(H2,19,20,21). The van der Waals surface area contributed by atoms with E-state index in [0.717, 1.165) is 43.4 Å². The van der Waals surface area contributed by atoms with Gasteiger partial charge in [0.15, 0.2) is 5.96 Å². The highest BCUT2D eigenvalue weighted by molar-refractivity contribution is 5.79. The number of nitrogens with one attached hydrogen (secondary N) is 2. The van der Waals surface area contributed by atoms with Crippen molar-refractivity contribution in [1.29, 1.82) is 0 Å². The number of benzene rings is 1. The molecule has 0 fully saturated rings. The molecule has 0 aliphatic rings. The smallest absolute Gasteiger partial charge is 0.191 e. The van der Waals surface area contributed by atoms with E-state index in [0.29, 0.717) is 6.54 Å². The average molecular weight is 315 g/mol. The van der Waals surface area contributed by atoms with E-state index in [2.05, 4.69) is 34.7 Å². The SMILES string of the molecule is CCNC(=NCCc1ccco1)NCCc1ccc(OC)cc1. The maximum atomic E-state index is 5.31. The minimum Gasteiger partial charge on any atom is -0.497 e. The number of nitrogens with zero attached hydrogens (tertiary/aromatic N) is 1. The topological polar surface area (TPSA) is 58.8 Å². The molecule has 0 bridgehead atoms. The molecule has 1 heterocycles. The Morgan fingerprint density at radius 2 is 1.96 bits per heavy atom. The predicted molar refractivity (Wildman–Crippen MR) is 93.1 cm³/mol. The Labute approximate surface area is 137 Å². The Morgan fingerprint density at radius 3 is 2.61 bits per heavy atom. The quantitative estimate of drug-likeness (QED) is 0.581. The van der Waals surface area contributed by atoms with Crippen molar-refractivity contribution < 1.29 is 9.15 Å². The Morgan fingerprint density at radius 1 is 1.13 bits per heavy atom. The van der Waals surface area contributed by atoms with Crippen LogP contribution in [0.1, 0.15) is 18.2 Å². The third-order valence-electron chi connectivity index (χ3n) is 3.42. The monoisotopic (exact) mass is 315 g/mol. The first-order valence-electron chi connectivity index (χ1n) is 7.99. The molecule has 0 aliphatic heterocycles. The maximum Gasteiger partial charge on any atom is 0.191 e. The van der Waals surface area contributed by atoms with E-state index < -0.39 is 0 Å². The Bertz CT molecular complexity index is 577. The van der Waals surface area contributed by atoms with Gasteiger partial charge < -0.3 is 19.8 Å². The zero-order valence-corrected chi connectivity index (χ0v) is 13.8. The van der Waals surface area contributed by atoms with Gasteiger partial charge in [0.2, 0.25) is 0 Å². The lowest BCUT2D eigenvalue weighted by Crippen LogP contribution is -2.38. The second-order valence-corrected chi connectivity index (χ2v) is 5.11. The second kappa shape index (κ2) is 9.56. The van der Waals surface area contributed by atoms with Crippen molar-refractivity contribution >= 4 is 5.96 Å². The molecule has 5 nitrogen and oxygen atoms in total. The first-order valence-corrected chi connectivity index (χ1v) is 7.99. The fourth-order valence-corrected chi connectivity index (χ4v) is 2.19. The van der Waals surface area contributed by atoms with E-state index in [4.69, 9.17) is 9.15 Å². The summed E-state index contributed by atoms with van der Waals surface area (Å²) in [5, 5.41) is 6.61. The van der Waals surface area contributed by atoms with Crippen LogP contribution in [0.3, 0.4) is 0 Å². The molecule has 1 aromatic heterocycles. The van der Waals surface area contributed by atoms with E-state index >= 15 is 0 Å². The third-order valence-corrected chi connectivity index (χ3v) is 3.42. The fourth-order valence-electron chi connectivity index (χ4n) is 2.19. The van der Waals surface area contributed by atoms with Crippen molar-refractivity contribution in [2.45, 2.75) is 19.8 Å². The molecule has 0 amide bonds. The summed E-state index contributed by atoms with van der Waals surface area (Å²) >= 11 is 0. The second-order valence-electron chi connectivity index (χ2n) is 5.11. The minimum absolute atomic E-state index is 0.700. The molecule has 2 rings (SSSR count). The Kier molecular flexibility index (Phi) is 7.04. The lowest BCUT2D eigenvalue weighted by Gasteiger charge is -2.11. The number of furan rings is 1. The summed E-state index contributed by atoms with van der Waals surface area (Å²) in [5.74, 6) is 2.69. The lowest BCUT2D eigenvalue weighted by molar-refractivity contribution is 0.414. The van der Waals surface area contributed by atoms with Crippen molar-refractivity contribution in [3.8, 4) is 5.75 Å². The number of hydrogen-bond acceptors (Lipinski definition) is 3. The Hall–Kier alpha value is -2.43. The van der Waals surface area contributed by atoms with Gasteiger partial charge in [0.05, 0.1) is 13.4 Å². The zero-order chi connectivity index (χ0) is 16.3. The molecule has 0 aliphatic carbocycles. The van der Waals surface area contributed by atoms with Crippen LogP contribution < -0.4 is 15.4 Å². The van der Waals surface area contributed by atoms with Crippen LogP contribution in [0.15, 0.2) is 52.1 Å². The van der Waals surface area contributed by atoms with Crippen LogP contribution in [-0.2, 0) is 12.8 Å². The van der Waals surface area contributed by atoms with Crippen LogP contribution in [0, 0.1) is 0 Å². The average Bonchev–Trinajstić information content (AvgIpc) is 3.09. The van der Waals surface area contributed by atoms with Crippen molar-refractivity contribution in [3.63, 3.8) is 0 Å². The highest BCUT2D eigenvalue weighted by atomic mass is 16.5. The van der Waals surface area contributed by atoms with Gasteiger partial charge in [-0.3, -0.25) is 4.99 Å². The number of aliphatic imine (C=N–C) groups is 1. The van der Waals surface area contributed by atoms with E-state index in [9.17, 15) is 0 Å². The summed E-state index contributed by atoms with van der Waals surface area (Å²) in [6.45, 7) is 4.44. The van der Waals surface area contributed by atoms with Crippen molar-refractivity contribution in [2.75, 3.05) is 26.7 Å². The van der Waals surface area contributed by atoms with Crippen LogP contribution in [0.2, 0.25) is 0 Å². The van der Waals surface area contributed by atoms with Gasteiger partial charge in [0, 0.05) is 26.1 Å². The molecule has 1 aromatic carbocycles. The van der Waals surface area contributed by atoms with Crippen LogP contribution in [0.25, 0.3) is 0 Å². The van der Waals surface area contributed by atoms with Crippen LogP contribution in [0.5, 0.6) is 5.75 Å². The molecule has 23 heavy (non-hydrogen) atoms. The van der Waals surface area contributed by atoms with Crippen molar-refractivity contribution in [1.82, 2.24) is 10.6 Å². The summed E-state index contributed by atoms with van der Waals surface area (Å²) in [6.07, 6.45) is 3.44. The summed E-state index contributed by atoms with van der Waals surface area (Å²) in [4.78, 5) is 4.56. The van der Waals surface area contributed by atoms with E-state index in [-0.39, 0.29) is 0 Å². The van der Waals surface area contributed by atoms with E-state index in [1.54, 1.807) is 13.4 Å². The number of hydrogen-bond donors (Lipinski definition) is 2. The molecule has 2 N–H and O–H groups in total. The third kappa shape index (κ3) is 6.06. The van der Waals surface area contributed by atoms with Gasteiger partial charge in [-0.25, -0.2) is 0 Å². The van der Waals surface area contributed by atoms with Crippen LogP contribution in [0.4, 0.5) is 0 Å². The molecule has 0 unspecified atom stereocenters. The van der Waals surface area contributed by atoms with E-state index in [1.807, 2.05) is 24.3 Å². The molecule has 0 spiro atoms. The molecule has 5 heteroatoms. The van der Waals surface area contributed by atoms with Gasteiger partial charge in [0.25, 0.3) is 0 Å².